The minimum absolute atomic E-state index is 0.0213. The summed E-state index contributed by atoms with van der Waals surface area (Å²) in [5.41, 5.74) is 4.22. The van der Waals surface area contributed by atoms with Gasteiger partial charge in [-0.05, 0) is 35.4 Å². The normalized spacial score (nSPS) is 11.0. The molecule has 0 spiro atoms. The van der Waals surface area contributed by atoms with Gasteiger partial charge in [-0.1, -0.05) is 72.3 Å². The topological polar surface area (TPSA) is 22.1 Å². The molecule has 26 heavy (non-hydrogen) atoms. The van der Waals surface area contributed by atoms with Crippen LogP contribution in [0.1, 0.15) is 22.6 Å². The molecule has 0 amide bonds. The molecule has 128 valence electrons. The van der Waals surface area contributed by atoms with E-state index in [4.69, 9.17) is 16.3 Å². The first-order valence-electron chi connectivity index (χ1n) is 8.50. The zero-order valence-corrected chi connectivity index (χ0v) is 15.1. The van der Waals surface area contributed by atoms with Gasteiger partial charge in [-0.15, -0.1) is 0 Å². The lowest BCUT2D eigenvalue weighted by atomic mass is 9.85. The summed E-state index contributed by atoms with van der Waals surface area (Å²) in [5, 5.41) is 1.54. The van der Waals surface area contributed by atoms with Crippen LogP contribution >= 0.6 is 11.6 Å². The third kappa shape index (κ3) is 3.16. The maximum Gasteiger partial charge on any atom is 0.133 e. The van der Waals surface area contributed by atoms with Gasteiger partial charge in [0.15, 0.2) is 0 Å². The number of methoxy groups -OCH3 is 1. The van der Waals surface area contributed by atoms with E-state index in [1.807, 2.05) is 30.3 Å². The molecule has 2 nitrogen and oxygen atoms in total. The third-order valence-electron chi connectivity index (χ3n) is 4.58. The van der Waals surface area contributed by atoms with Crippen molar-refractivity contribution in [2.75, 3.05) is 7.11 Å². The molecule has 0 bridgehead atoms. The van der Waals surface area contributed by atoms with Crippen LogP contribution in [0, 0.1) is 0 Å². The summed E-state index contributed by atoms with van der Waals surface area (Å²) >= 11 is 6.63. The number of aromatic nitrogens is 1. The molecule has 3 heteroatoms. The van der Waals surface area contributed by atoms with Gasteiger partial charge in [0.1, 0.15) is 10.9 Å². The maximum absolute atomic E-state index is 6.63. The Morgan fingerprint density at radius 3 is 2.00 bits per heavy atom. The van der Waals surface area contributed by atoms with Crippen molar-refractivity contribution >= 4 is 22.5 Å². The molecule has 3 aromatic carbocycles. The van der Waals surface area contributed by atoms with Crippen molar-refractivity contribution in [3.63, 3.8) is 0 Å². The van der Waals surface area contributed by atoms with Gasteiger partial charge >= 0.3 is 0 Å². The summed E-state index contributed by atoms with van der Waals surface area (Å²) in [6, 6.07) is 28.7. The van der Waals surface area contributed by atoms with Gasteiger partial charge in [-0.2, -0.15) is 0 Å². The van der Waals surface area contributed by atoms with Crippen LogP contribution in [-0.2, 0) is 0 Å². The first-order chi connectivity index (χ1) is 12.8. The first-order valence-corrected chi connectivity index (χ1v) is 8.88. The number of rotatable bonds is 4. The number of pyridine rings is 1. The molecule has 1 aromatic heterocycles. The van der Waals surface area contributed by atoms with E-state index in [-0.39, 0.29) is 5.92 Å². The number of fused-ring (bicyclic) bond motifs is 1. The molecule has 0 radical (unpaired) electrons. The predicted molar refractivity (Wildman–Crippen MR) is 107 cm³/mol. The average molecular weight is 360 g/mol. The van der Waals surface area contributed by atoms with E-state index >= 15 is 0 Å². The summed E-state index contributed by atoms with van der Waals surface area (Å²) in [5.74, 6) is 0.830. The van der Waals surface area contributed by atoms with Gasteiger partial charge in [-0.3, -0.25) is 0 Å². The molecule has 4 aromatic rings. The smallest absolute Gasteiger partial charge is 0.133 e. The highest BCUT2D eigenvalue weighted by molar-refractivity contribution is 6.30. The molecule has 0 aliphatic rings. The zero-order valence-electron chi connectivity index (χ0n) is 14.4. The van der Waals surface area contributed by atoms with Gasteiger partial charge in [0.05, 0.1) is 12.6 Å². The van der Waals surface area contributed by atoms with Gasteiger partial charge in [0, 0.05) is 16.9 Å². The van der Waals surface area contributed by atoms with E-state index in [2.05, 4.69) is 59.6 Å². The second-order valence-electron chi connectivity index (χ2n) is 6.18. The van der Waals surface area contributed by atoms with E-state index in [0.717, 1.165) is 22.2 Å². The van der Waals surface area contributed by atoms with Crippen LogP contribution in [-0.4, -0.2) is 12.1 Å². The van der Waals surface area contributed by atoms with Crippen LogP contribution in [0.2, 0.25) is 5.15 Å². The van der Waals surface area contributed by atoms with Crippen molar-refractivity contribution in [1.82, 2.24) is 4.98 Å². The Hall–Kier alpha value is -2.84. The Morgan fingerprint density at radius 1 is 0.808 bits per heavy atom. The lowest BCUT2D eigenvalue weighted by molar-refractivity contribution is 0.415. The van der Waals surface area contributed by atoms with Crippen LogP contribution in [0.4, 0.5) is 0 Å². The molecule has 0 atom stereocenters. The first kappa shape index (κ1) is 16.6. The quantitative estimate of drug-likeness (QED) is 0.412. The fourth-order valence-electron chi connectivity index (χ4n) is 3.32. The van der Waals surface area contributed by atoms with E-state index in [1.165, 1.54) is 11.1 Å². The van der Waals surface area contributed by atoms with Crippen molar-refractivity contribution in [2.45, 2.75) is 5.92 Å². The van der Waals surface area contributed by atoms with E-state index in [1.54, 1.807) is 7.11 Å². The van der Waals surface area contributed by atoms with Crippen molar-refractivity contribution < 1.29 is 4.74 Å². The van der Waals surface area contributed by atoms with Gasteiger partial charge < -0.3 is 4.74 Å². The van der Waals surface area contributed by atoms with Gasteiger partial charge in [0.2, 0.25) is 0 Å². The van der Waals surface area contributed by atoms with E-state index < -0.39 is 0 Å². The summed E-state index contributed by atoms with van der Waals surface area (Å²) in [6.07, 6.45) is 0. The minimum Gasteiger partial charge on any atom is -0.497 e. The monoisotopic (exact) mass is 359 g/mol. The van der Waals surface area contributed by atoms with Crippen LogP contribution in [0.5, 0.6) is 5.75 Å². The summed E-state index contributed by atoms with van der Waals surface area (Å²) < 4.78 is 5.36. The Balaban J connectivity index is 1.94. The lowest BCUT2D eigenvalue weighted by Gasteiger charge is -2.20. The Kier molecular flexibility index (Phi) is 4.59. The fraction of sp³-hybridized carbons (Fsp3) is 0.0870. The highest BCUT2D eigenvalue weighted by atomic mass is 35.5. The molecule has 4 rings (SSSR count). The number of benzene rings is 3. The molecular weight excluding hydrogens is 342 g/mol. The maximum atomic E-state index is 6.63. The Morgan fingerprint density at radius 2 is 1.42 bits per heavy atom. The molecule has 0 aliphatic heterocycles. The fourth-order valence-corrected chi connectivity index (χ4v) is 3.57. The largest absolute Gasteiger partial charge is 0.497 e. The van der Waals surface area contributed by atoms with Gasteiger partial charge in [0.25, 0.3) is 0 Å². The number of hydrogen-bond acceptors (Lipinski definition) is 2. The standard InChI is InChI=1S/C23H18ClNO/c1-26-19-12-13-21-18(14-19)15-20(23(24)25-21)22(16-8-4-2-5-9-16)17-10-6-3-7-11-17/h2-15,22H,1H3. The molecular formula is C23H18ClNO. The molecule has 0 saturated heterocycles. The summed E-state index contributed by atoms with van der Waals surface area (Å²) in [6.45, 7) is 0. The molecule has 0 fully saturated rings. The number of halogens is 1. The number of nitrogens with zero attached hydrogens (tertiary/aromatic N) is 1. The summed E-state index contributed by atoms with van der Waals surface area (Å²) in [7, 11) is 1.67. The molecule has 0 unspecified atom stereocenters. The van der Waals surface area contributed by atoms with Crippen molar-refractivity contribution in [3.8, 4) is 5.75 Å². The van der Waals surface area contributed by atoms with Crippen LogP contribution < -0.4 is 4.74 Å². The molecule has 1 heterocycles. The van der Waals surface area contributed by atoms with E-state index in [0.29, 0.717) is 5.15 Å². The molecule has 0 saturated carbocycles. The Bertz CT molecular complexity index is 992. The second-order valence-corrected chi connectivity index (χ2v) is 6.54. The van der Waals surface area contributed by atoms with Gasteiger partial charge in [-0.25, -0.2) is 4.98 Å². The number of ether oxygens (including phenoxy) is 1. The third-order valence-corrected chi connectivity index (χ3v) is 4.88. The van der Waals surface area contributed by atoms with Crippen LogP contribution in [0.15, 0.2) is 84.9 Å². The zero-order chi connectivity index (χ0) is 17.9. The average Bonchev–Trinajstić information content (AvgIpc) is 2.70. The highest BCUT2D eigenvalue weighted by Gasteiger charge is 2.20. The van der Waals surface area contributed by atoms with Crippen molar-refractivity contribution in [2.24, 2.45) is 0 Å². The molecule has 0 aliphatic carbocycles. The van der Waals surface area contributed by atoms with Crippen molar-refractivity contribution in [1.29, 1.82) is 0 Å². The molecule has 0 N–H and O–H groups in total. The second kappa shape index (κ2) is 7.19. The van der Waals surface area contributed by atoms with E-state index in [9.17, 15) is 0 Å². The minimum atomic E-state index is 0.0213. The number of hydrogen-bond donors (Lipinski definition) is 0. The van der Waals surface area contributed by atoms with Crippen LogP contribution in [0.25, 0.3) is 10.9 Å². The summed E-state index contributed by atoms with van der Waals surface area (Å²) in [4.78, 5) is 4.63. The van der Waals surface area contributed by atoms with Crippen molar-refractivity contribution in [3.05, 3.63) is 107 Å². The SMILES string of the molecule is COc1ccc2nc(Cl)c(C(c3ccccc3)c3ccccc3)cc2c1. The van der Waals surface area contributed by atoms with Crippen LogP contribution in [0.3, 0.4) is 0 Å². The predicted octanol–water partition coefficient (Wildman–Crippen LogP) is 6.08. The Labute approximate surface area is 158 Å². The lowest BCUT2D eigenvalue weighted by Crippen LogP contribution is -2.05. The highest BCUT2D eigenvalue weighted by Crippen LogP contribution is 2.37.